The third-order valence-electron chi connectivity index (χ3n) is 2.22. The van der Waals surface area contributed by atoms with Crippen LogP contribution in [0.25, 0.3) is 0 Å². The van der Waals surface area contributed by atoms with Crippen molar-refractivity contribution in [3.05, 3.63) is 29.1 Å². The van der Waals surface area contributed by atoms with Crippen LogP contribution in [0.5, 0.6) is 0 Å². The van der Waals surface area contributed by atoms with Gasteiger partial charge in [-0.25, -0.2) is 14.6 Å². The largest absolute Gasteiger partial charge is 0.462 e. The number of rotatable bonds is 6. The van der Waals surface area contributed by atoms with Crippen LogP contribution in [0.4, 0.5) is 0 Å². The maximum Gasteiger partial charge on any atom is 0.357 e. The number of carbonyl (C=O) groups is 2. The molecule has 0 aliphatic rings. The van der Waals surface area contributed by atoms with E-state index in [-0.39, 0.29) is 24.5 Å². The first-order chi connectivity index (χ1) is 9.13. The van der Waals surface area contributed by atoms with Gasteiger partial charge in [0.2, 0.25) is 0 Å². The molecule has 1 aromatic heterocycles. The average molecular weight is 267 g/mol. The Kier molecular flexibility index (Phi) is 5.95. The molecule has 0 bridgehead atoms. The van der Waals surface area contributed by atoms with Crippen LogP contribution in [-0.2, 0) is 20.8 Å². The lowest BCUT2D eigenvalue weighted by atomic mass is 10.1. The minimum atomic E-state index is -0.644. The zero-order valence-corrected chi connectivity index (χ0v) is 11.3. The summed E-state index contributed by atoms with van der Waals surface area (Å²) in [4.78, 5) is 27.5. The molecular weight excluding hydrogens is 250 g/mol. The monoisotopic (exact) mass is 267 g/mol. The molecule has 19 heavy (non-hydrogen) atoms. The van der Waals surface area contributed by atoms with Gasteiger partial charge in [0.05, 0.1) is 25.4 Å². The van der Waals surface area contributed by atoms with Crippen LogP contribution in [-0.4, -0.2) is 37.2 Å². The van der Waals surface area contributed by atoms with Crippen molar-refractivity contribution in [1.82, 2.24) is 4.98 Å². The topological polar surface area (TPSA) is 74.7 Å². The summed E-state index contributed by atoms with van der Waals surface area (Å²) >= 11 is 0. The summed E-state index contributed by atoms with van der Waals surface area (Å²) in [7, 11) is 1.53. The Morgan fingerprint density at radius 1 is 1.16 bits per heavy atom. The van der Waals surface area contributed by atoms with Gasteiger partial charge in [0.15, 0.2) is 5.69 Å². The van der Waals surface area contributed by atoms with Crippen LogP contribution in [0.1, 0.15) is 40.3 Å². The van der Waals surface area contributed by atoms with E-state index in [1.165, 1.54) is 19.4 Å². The van der Waals surface area contributed by atoms with E-state index in [4.69, 9.17) is 14.2 Å². The predicted molar refractivity (Wildman–Crippen MR) is 66.9 cm³/mol. The smallest absolute Gasteiger partial charge is 0.357 e. The second-order valence-electron chi connectivity index (χ2n) is 3.61. The van der Waals surface area contributed by atoms with Crippen molar-refractivity contribution < 1.29 is 23.8 Å². The van der Waals surface area contributed by atoms with Gasteiger partial charge in [0.1, 0.15) is 0 Å². The molecular formula is C13H17NO5. The zero-order chi connectivity index (χ0) is 14.3. The number of hydrogen-bond donors (Lipinski definition) is 0. The minimum absolute atomic E-state index is 0.0415. The second kappa shape index (κ2) is 7.48. The highest BCUT2D eigenvalue weighted by molar-refractivity contribution is 6.01. The highest BCUT2D eigenvalue weighted by Gasteiger charge is 2.21. The SMILES string of the molecule is CCOC(=O)c1cc(COC)cnc1C(=O)OCC. The van der Waals surface area contributed by atoms with Gasteiger partial charge in [-0.2, -0.15) is 0 Å². The molecule has 104 valence electrons. The molecule has 1 rings (SSSR count). The molecule has 0 fully saturated rings. The van der Waals surface area contributed by atoms with Crippen molar-refractivity contribution in [2.45, 2.75) is 20.5 Å². The number of nitrogens with zero attached hydrogens (tertiary/aromatic N) is 1. The molecule has 1 heterocycles. The summed E-state index contributed by atoms with van der Waals surface area (Å²) in [5.41, 5.74) is 0.730. The lowest BCUT2D eigenvalue weighted by Crippen LogP contribution is -2.16. The van der Waals surface area contributed by atoms with Crippen LogP contribution in [0.3, 0.4) is 0 Å². The third-order valence-corrected chi connectivity index (χ3v) is 2.22. The van der Waals surface area contributed by atoms with Gasteiger partial charge in [-0.15, -0.1) is 0 Å². The van der Waals surface area contributed by atoms with E-state index in [2.05, 4.69) is 4.98 Å². The van der Waals surface area contributed by atoms with Crippen LogP contribution in [0.15, 0.2) is 12.3 Å². The van der Waals surface area contributed by atoms with E-state index in [0.717, 1.165) is 0 Å². The van der Waals surface area contributed by atoms with Gasteiger partial charge >= 0.3 is 11.9 Å². The van der Waals surface area contributed by atoms with Crippen molar-refractivity contribution >= 4 is 11.9 Å². The summed E-state index contributed by atoms with van der Waals surface area (Å²) in [6.45, 7) is 4.09. The van der Waals surface area contributed by atoms with Crippen molar-refractivity contribution in [2.75, 3.05) is 20.3 Å². The number of hydrogen-bond acceptors (Lipinski definition) is 6. The molecule has 0 amide bonds. The molecule has 0 aliphatic carbocycles. The standard InChI is InChI=1S/C13H17NO5/c1-4-18-12(15)10-6-9(8-17-3)7-14-11(10)13(16)19-5-2/h6-7H,4-5,8H2,1-3H3. The number of methoxy groups -OCH3 is 1. The molecule has 0 saturated carbocycles. The molecule has 0 atom stereocenters. The van der Waals surface area contributed by atoms with Gasteiger partial charge < -0.3 is 14.2 Å². The molecule has 1 aromatic rings. The summed E-state index contributed by atoms with van der Waals surface area (Å²) in [5.74, 6) is -1.24. The summed E-state index contributed by atoms with van der Waals surface area (Å²) in [6.07, 6.45) is 1.47. The Balaban J connectivity index is 3.14. The van der Waals surface area contributed by atoms with Crippen molar-refractivity contribution in [2.24, 2.45) is 0 Å². The molecule has 0 N–H and O–H groups in total. The van der Waals surface area contributed by atoms with Crippen LogP contribution in [0, 0.1) is 0 Å². The minimum Gasteiger partial charge on any atom is -0.462 e. The first-order valence-electron chi connectivity index (χ1n) is 5.96. The van der Waals surface area contributed by atoms with E-state index in [9.17, 15) is 9.59 Å². The van der Waals surface area contributed by atoms with Gasteiger partial charge in [-0.05, 0) is 25.5 Å². The summed E-state index contributed by atoms with van der Waals surface area (Å²) < 4.78 is 14.7. The quantitative estimate of drug-likeness (QED) is 0.728. The molecule has 0 saturated heterocycles. The number of aromatic nitrogens is 1. The number of carbonyl (C=O) groups excluding carboxylic acids is 2. The Morgan fingerprint density at radius 3 is 2.37 bits per heavy atom. The Labute approximate surface area is 111 Å². The number of pyridine rings is 1. The van der Waals surface area contributed by atoms with Crippen molar-refractivity contribution in [1.29, 1.82) is 0 Å². The molecule has 6 heteroatoms. The first-order valence-corrected chi connectivity index (χ1v) is 5.96. The predicted octanol–water partition coefficient (Wildman–Crippen LogP) is 1.58. The lowest BCUT2D eigenvalue weighted by Gasteiger charge is -2.09. The van der Waals surface area contributed by atoms with Gasteiger partial charge in [0, 0.05) is 13.3 Å². The van der Waals surface area contributed by atoms with Crippen molar-refractivity contribution in [3.8, 4) is 0 Å². The maximum atomic E-state index is 11.8. The normalized spacial score (nSPS) is 10.1. The van der Waals surface area contributed by atoms with Gasteiger partial charge in [-0.1, -0.05) is 0 Å². The van der Waals surface area contributed by atoms with E-state index in [0.29, 0.717) is 12.2 Å². The van der Waals surface area contributed by atoms with Gasteiger partial charge in [0.25, 0.3) is 0 Å². The third kappa shape index (κ3) is 4.03. The lowest BCUT2D eigenvalue weighted by molar-refractivity contribution is 0.0473. The molecule has 0 spiro atoms. The number of esters is 2. The average Bonchev–Trinajstić information content (AvgIpc) is 2.39. The second-order valence-corrected chi connectivity index (χ2v) is 3.61. The van der Waals surface area contributed by atoms with Gasteiger partial charge in [-0.3, -0.25) is 0 Å². The summed E-state index contributed by atoms with van der Waals surface area (Å²) in [6, 6.07) is 1.53. The molecule has 0 unspecified atom stereocenters. The summed E-state index contributed by atoms with van der Waals surface area (Å²) in [5, 5.41) is 0. The fourth-order valence-corrected chi connectivity index (χ4v) is 1.48. The van der Waals surface area contributed by atoms with E-state index >= 15 is 0 Å². The van der Waals surface area contributed by atoms with E-state index < -0.39 is 11.9 Å². The van der Waals surface area contributed by atoms with Crippen LogP contribution >= 0.6 is 0 Å². The Morgan fingerprint density at radius 2 is 1.79 bits per heavy atom. The Bertz CT molecular complexity index is 458. The maximum absolute atomic E-state index is 11.8. The Hall–Kier alpha value is -1.95. The fraction of sp³-hybridized carbons (Fsp3) is 0.462. The highest BCUT2D eigenvalue weighted by atomic mass is 16.5. The van der Waals surface area contributed by atoms with Crippen LogP contribution < -0.4 is 0 Å². The van der Waals surface area contributed by atoms with Crippen molar-refractivity contribution in [3.63, 3.8) is 0 Å². The molecule has 0 aliphatic heterocycles. The zero-order valence-electron chi connectivity index (χ0n) is 11.3. The highest BCUT2D eigenvalue weighted by Crippen LogP contribution is 2.13. The molecule has 6 nitrogen and oxygen atoms in total. The number of ether oxygens (including phenoxy) is 3. The first kappa shape index (κ1) is 15.1. The molecule has 0 radical (unpaired) electrons. The fourth-order valence-electron chi connectivity index (χ4n) is 1.48. The van der Waals surface area contributed by atoms with Crippen LogP contribution in [0.2, 0.25) is 0 Å². The van der Waals surface area contributed by atoms with E-state index in [1.807, 2.05) is 0 Å². The van der Waals surface area contributed by atoms with E-state index in [1.54, 1.807) is 13.8 Å². The molecule has 0 aromatic carbocycles.